The zero-order chi connectivity index (χ0) is 15.6. The van der Waals surface area contributed by atoms with Crippen molar-refractivity contribution in [3.05, 3.63) is 29.0 Å². The van der Waals surface area contributed by atoms with Crippen LogP contribution in [0.5, 0.6) is 0 Å². The van der Waals surface area contributed by atoms with E-state index in [1.54, 1.807) is 12.3 Å². The summed E-state index contributed by atoms with van der Waals surface area (Å²) < 4.78 is 5.29. The molecule has 2 rings (SSSR count). The Morgan fingerprint density at radius 1 is 1.52 bits per heavy atom. The highest BCUT2D eigenvalue weighted by Gasteiger charge is 2.24. The predicted molar refractivity (Wildman–Crippen MR) is 82.3 cm³/mol. The third kappa shape index (κ3) is 3.71. The third-order valence-electron chi connectivity index (χ3n) is 3.20. The molecule has 2 aromatic heterocycles. The number of nitrogens with zero attached hydrogens (tertiary/aromatic N) is 1. The van der Waals surface area contributed by atoms with Gasteiger partial charge in [-0.15, -0.1) is 11.3 Å². The fourth-order valence-electron chi connectivity index (χ4n) is 1.69. The summed E-state index contributed by atoms with van der Waals surface area (Å²) in [5.41, 5.74) is 0.108. The molecule has 2 aromatic rings. The number of hydrogen-bond acceptors (Lipinski definition) is 5. The number of aryl methyl sites for hydroxylation is 1. The Balaban J connectivity index is 2.07. The number of aliphatic hydroxyl groups excluding tert-OH is 1. The molecule has 0 radical (unpaired) electrons. The lowest BCUT2D eigenvalue weighted by molar-refractivity contribution is 0.0585. The summed E-state index contributed by atoms with van der Waals surface area (Å²) in [4.78, 5) is 17.3. The minimum atomic E-state index is -0.607. The molecular formula is C15H20N2O3S. The van der Waals surface area contributed by atoms with Crippen molar-refractivity contribution in [2.24, 2.45) is 5.41 Å². The molecule has 1 amide bonds. The minimum absolute atomic E-state index is 0.204. The van der Waals surface area contributed by atoms with Gasteiger partial charge in [0.25, 0.3) is 5.91 Å². The molecule has 0 bridgehead atoms. The van der Waals surface area contributed by atoms with E-state index in [0.717, 1.165) is 4.88 Å². The van der Waals surface area contributed by atoms with E-state index in [-0.39, 0.29) is 17.9 Å². The standard InChI is InChI=1S/C15H20N2O3S/c1-9-12(13(19)16-8-11(18)15(2,3)4)17-14(21-9)10-6-5-7-20-10/h5-7,11,18H,8H2,1-4H3,(H,16,19). The second kappa shape index (κ2) is 5.99. The monoisotopic (exact) mass is 308 g/mol. The van der Waals surface area contributed by atoms with E-state index < -0.39 is 6.10 Å². The van der Waals surface area contributed by atoms with Crippen molar-refractivity contribution >= 4 is 17.2 Å². The Morgan fingerprint density at radius 3 is 2.81 bits per heavy atom. The van der Waals surface area contributed by atoms with E-state index in [0.29, 0.717) is 16.5 Å². The molecule has 0 fully saturated rings. The molecule has 0 spiro atoms. The van der Waals surface area contributed by atoms with Crippen LogP contribution in [0.3, 0.4) is 0 Å². The van der Waals surface area contributed by atoms with Crippen molar-refractivity contribution in [2.45, 2.75) is 33.8 Å². The number of aliphatic hydroxyl groups is 1. The van der Waals surface area contributed by atoms with Gasteiger partial charge in [-0.3, -0.25) is 4.79 Å². The average Bonchev–Trinajstić information content (AvgIpc) is 3.03. The van der Waals surface area contributed by atoms with Crippen molar-refractivity contribution in [3.63, 3.8) is 0 Å². The number of carbonyl (C=O) groups is 1. The molecule has 114 valence electrons. The quantitative estimate of drug-likeness (QED) is 0.910. The van der Waals surface area contributed by atoms with Gasteiger partial charge in [0.1, 0.15) is 5.69 Å². The molecule has 2 N–H and O–H groups in total. The highest BCUT2D eigenvalue weighted by atomic mass is 32.1. The van der Waals surface area contributed by atoms with Crippen LogP contribution in [0.2, 0.25) is 0 Å². The van der Waals surface area contributed by atoms with Crippen LogP contribution in [-0.4, -0.2) is 28.6 Å². The molecule has 1 unspecified atom stereocenters. The van der Waals surface area contributed by atoms with Crippen LogP contribution >= 0.6 is 11.3 Å². The molecule has 6 heteroatoms. The van der Waals surface area contributed by atoms with E-state index in [2.05, 4.69) is 10.3 Å². The molecule has 0 aliphatic heterocycles. The Morgan fingerprint density at radius 2 is 2.24 bits per heavy atom. The van der Waals surface area contributed by atoms with E-state index in [4.69, 9.17) is 4.42 Å². The second-order valence-electron chi connectivity index (χ2n) is 5.99. The first-order chi connectivity index (χ1) is 9.79. The average molecular weight is 308 g/mol. The highest BCUT2D eigenvalue weighted by molar-refractivity contribution is 7.15. The van der Waals surface area contributed by atoms with Gasteiger partial charge in [-0.2, -0.15) is 0 Å². The summed E-state index contributed by atoms with van der Waals surface area (Å²) in [5, 5.41) is 13.4. The van der Waals surface area contributed by atoms with Crippen LogP contribution in [0.15, 0.2) is 22.8 Å². The van der Waals surface area contributed by atoms with Gasteiger partial charge in [-0.05, 0) is 24.5 Å². The van der Waals surface area contributed by atoms with E-state index in [1.807, 2.05) is 33.8 Å². The number of aromatic nitrogens is 1. The normalized spacial score (nSPS) is 13.2. The first-order valence-electron chi connectivity index (χ1n) is 6.76. The van der Waals surface area contributed by atoms with Gasteiger partial charge in [-0.25, -0.2) is 4.98 Å². The summed E-state index contributed by atoms with van der Waals surface area (Å²) in [7, 11) is 0. The lowest BCUT2D eigenvalue weighted by atomic mass is 9.89. The van der Waals surface area contributed by atoms with Crippen LogP contribution in [0, 0.1) is 12.3 Å². The lowest BCUT2D eigenvalue weighted by Crippen LogP contribution is -2.39. The Kier molecular flexibility index (Phi) is 4.49. The van der Waals surface area contributed by atoms with E-state index >= 15 is 0 Å². The molecule has 1 atom stereocenters. The van der Waals surface area contributed by atoms with Crippen LogP contribution in [0.25, 0.3) is 10.8 Å². The van der Waals surface area contributed by atoms with Crippen molar-refractivity contribution in [3.8, 4) is 10.8 Å². The van der Waals surface area contributed by atoms with Crippen molar-refractivity contribution in [1.82, 2.24) is 10.3 Å². The van der Waals surface area contributed by atoms with Crippen molar-refractivity contribution < 1.29 is 14.3 Å². The summed E-state index contributed by atoms with van der Waals surface area (Å²) in [6, 6.07) is 3.59. The Labute approximate surface area is 128 Å². The van der Waals surface area contributed by atoms with Gasteiger partial charge in [-0.1, -0.05) is 20.8 Å². The molecule has 0 aromatic carbocycles. The number of rotatable bonds is 4. The fourth-order valence-corrected chi connectivity index (χ4v) is 2.57. The van der Waals surface area contributed by atoms with Crippen molar-refractivity contribution in [1.29, 1.82) is 0 Å². The van der Waals surface area contributed by atoms with Gasteiger partial charge >= 0.3 is 0 Å². The van der Waals surface area contributed by atoms with Gasteiger partial charge in [0, 0.05) is 11.4 Å². The first kappa shape index (κ1) is 15.7. The number of hydrogen-bond donors (Lipinski definition) is 2. The molecule has 0 saturated carbocycles. The highest BCUT2D eigenvalue weighted by Crippen LogP contribution is 2.28. The van der Waals surface area contributed by atoms with Gasteiger partial charge < -0.3 is 14.8 Å². The smallest absolute Gasteiger partial charge is 0.271 e. The Bertz CT molecular complexity index is 611. The Hall–Kier alpha value is -1.66. The van der Waals surface area contributed by atoms with Crippen LogP contribution in [0.1, 0.15) is 36.1 Å². The maximum atomic E-state index is 12.2. The van der Waals surface area contributed by atoms with E-state index in [9.17, 15) is 9.90 Å². The minimum Gasteiger partial charge on any atom is -0.462 e. The zero-order valence-electron chi connectivity index (χ0n) is 12.6. The number of amides is 1. The van der Waals surface area contributed by atoms with Gasteiger partial charge in [0.05, 0.1) is 12.4 Å². The summed E-state index contributed by atoms with van der Waals surface area (Å²) in [5.74, 6) is 0.377. The molecule has 0 saturated heterocycles. The molecule has 0 aliphatic carbocycles. The summed E-state index contributed by atoms with van der Waals surface area (Å²) in [6.45, 7) is 7.82. The number of furan rings is 1. The fraction of sp³-hybridized carbons (Fsp3) is 0.467. The molecule has 0 aliphatic rings. The molecule has 2 heterocycles. The van der Waals surface area contributed by atoms with Gasteiger partial charge in [0.15, 0.2) is 10.8 Å². The third-order valence-corrected chi connectivity index (χ3v) is 4.18. The number of thiazole rings is 1. The predicted octanol–water partition coefficient (Wildman–Crippen LogP) is 2.85. The lowest BCUT2D eigenvalue weighted by Gasteiger charge is -2.25. The molecule has 5 nitrogen and oxygen atoms in total. The van der Waals surface area contributed by atoms with Crippen LogP contribution in [-0.2, 0) is 0 Å². The van der Waals surface area contributed by atoms with Gasteiger partial charge in [0.2, 0.25) is 0 Å². The maximum absolute atomic E-state index is 12.2. The number of nitrogens with one attached hydrogen (secondary N) is 1. The zero-order valence-corrected chi connectivity index (χ0v) is 13.5. The van der Waals surface area contributed by atoms with Crippen LogP contribution < -0.4 is 5.32 Å². The van der Waals surface area contributed by atoms with E-state index in [1.165, 1.54) is 11.3 Å². The van der Waals surface area contributed by atoms with Crippen LogP contribution in [0.4, 0.5) is 0 Å². The molecular weight excluding hydrogens is 288 g/mol. The number of carbonyl (C=O) groups excluding carboxylic acids is 1. The van der Waals surface area contributed by atoms with Crippen molar-refractivity contribution in [2.75, 3.05) is 6.54 Å². The summed E-state index contributed by atoms with van der Waals surface area (Å²) >= 11 is 1.41. The first-order valence-corrected chi connectivity index (χ1v) is 7.58. The second-order valence-corrected chi connectivity index (χ2v) is 7.20. The summed E-state index contributed by atoms with van der Waals surface area (Å²) in [6.07, 6.45) is 0.968. The maximum Gasteiger partial charge on any atom is 0.271 e. The largest absolute Gasteiger partial charge is 0.462 e. The topological polar surface area (TPSA) is 75.4 Å². The molecule has 21 heavy (non-hydrogen) atoms. The SMILES string of the molecule is Cc1sc(-c2ccco2)nc1C(=O)NCC(O)C(C)(C)C.